The van der Waals surface area contributed by atoms with Crippen molar-refractivity contribution >= 4 is 0 Å². The van der Waals surface area contributed by atoms with Crippen LogP contribution in [-0.2, 0) is 11.3 Å². The Kier molecular flexibility index (Phi) is 3.69. The van der Waals surface area contributed by atoms with Gasteiger partial charge in [0.05, 0.1) is 0 Å². The van der Waals surface area contributed by atoms with Crippen molar-refractivity contribution in [3.05, 3.63) is 11.7 Å². The van der Waals surface area contributed by atoms with Crippen molar-refractivity contribution in [1.29, 1.82) is 0 Å². The monoisotopic (exact) mass is 211 g/mol. The SMILES string of the molecule is CCOCc1nc(C2CCCNC2)no1. The molecule has 1 aliphatic heterocycles. The second-order valence-electron chi connectivity index (χ2n) is 3.73. The van der Waals surface area contributed by atoms with Crippen LogP contribution in [0.25, 0.3) is 0 Å². The van der Waals surface area contributed by atoms with E-state index in [1.165, 1.54) is 6.42 Å². The molecule has 1 aliphatic rings. The summed E-state index contributed by atoms with van der Waals surface area (Å²) in [5.74, 6) is 1.80. The van der Waals surface area contributed by atoms with Crippen LogP contribution in [0.3, 0.4) is 0 Å². The summed E-state index contributed by atoms with van der Waals surface area (Å²) in [6.45, 7) is 5.09. The van der Waals surface area contributed by atoms with E-state index in [2.05, 4.69) is 15.5 Å². The summed E-state index contributed by atoms with van der Waals surface area (Å²) in [5.41, 5.74) is 0. The third kappa shape index (κ3) is 2.76. The third-order valence-electron chi connectivity index (χ3n) is 2.58. The smallest absolute Gasteiger partial charge is 0.252 e. The Hall–Kier alpha value is -0.940. The lowest BCUT2D eigenvalue weighted by Gasteiger charge is -2.19. The van der Waals surface area contributed by atoms with E-state index in [0.29, 0.717) is 25.0 Å². The van der Waals surface area contributed by atoms with E-state index < -0.39 is 0 Å². The predicted octanol–water partition coefficient (Wildman–Crippen LogP) is 1.07. The number of aromatic nitrogens is 2. The highest BCUT2D eigenvalue weighted by Crippen LogP contribution is 2.20. The molecule has 5 nitrogen and oxygen atoms in total. The van der Waals surface area contributed by atoms with E-state index in [0.717, 1.165) is 25.3 Å². The first kappa shape index (κ1) is 10.6. The molecule has 1 N–H and O–H groups in total. The molecule has 1 aromatic heterocycles. The van der Waals surface area contributed by atoms with Gasteiger partial charge in [-0.1, -0.05) is 5.16 Å². The van der Waals surface area contributed by atoms with E-state index in [9.17, 15) is 0 Å². The summed E-state index contributed by atoms with van der Waals surface area (Å²) >= 11 is 0. The molecular formula is C10H17N3O2. The van der Waals surface area contributed by atoms with E-state index in [1.807, 2.05) is 6.92 Å². The summed E-state index contributed by atoms with van der Waals surface area (Å²) in [5, 5.41) is 7.32. The Morgan fingerprint density at radius 2 is 2.53 bits per heavy atom. The fourth-order valence-electron chi connectivity index (χ4n) is 1.75. The molecule has 2 heterocycles. The number of piperidine rings is 1. The van der Waals surface area contributed by atoms with Crippen LogP contribution in [0.4, 0.5) is 0 Å². The van der Waals surface area contributed by atoms with Crippen LogP contribution in [-0.4, -0.2) is 29.8 Å². The molecule has 0 aliphatic carbocycles. The second-order valence-corrected chi connectivity index (χ2v) is 3.73. The second kappa shape index (κ2) is 5.23. The number of nitrogens with one attached hydrogen (secondary N) is 1. The lowest BCUT2D eigenvalue weighted by Crippen LogP contribution is -2.28. The van der Waals surface area contributed by atoms with Crippen molar-refractivity contribution in [3.63, 3.8) is 0 Å². The van der Waals surface area contributed by atoms with Crippen LogP contribution in [0.15, 0.2) is 4.52 Å². The van der Waals surface area contributed by atoms with Gasteiger partial charge in [0.25, 0.3) is 5.89 Å². The van der Waals surface area contributed by atoms with Crippen LogP contribution in [0.5, 0.6) is 0 Å². The molecule has 1 aromatic rings. The lowest BCUT2D eigenvalue weighted by molar-refractivity contribution is 0.109. The van der Waals surface area contributed by atoms with E-state index in [1.54, 1.807) is 0 Å². The van der Waals surface area contributed by atoms with Gasteiger partial charge >= 0.3 is 0 Å². The molecule has 1 atom stereocenters. The van der Waals surface area contributed by atoms with E-state index >= 15 is 0 Å². The first-order valence-corrected chi connectivity index (χ1v) is 5.51. The van der Waals surface area contributed by atoms with Crippen molar-refractivity contribution < 1.29 is 9.26 Å². The Bertz CT molecular complexity index is 295. The first-order chi connectivity index (χ1) is 7.40. The van der Waals surface area contributed by atoms with Crippen LogP contribution in [0.2, 0.25) is 0 Å². The Morgan fingerprint density at radius 3 is 3.27 bits per heavy atom. The zero-order chi connectivity index (χ0) is 10.5. The van der Waals surface area contributed by atoms with Gasteiger partial charge in [0.15, 0.2) is 5.82 Å². The van der Waals surface area contributed by atoms with E-state index in [-0.39, 0.29) is 0 Å². The van der Waals surface area contributed by atoms with Gasteiger partial charge in [-0.15, -0.1) is 0 Å². The molecule has 84 valence electrons. The minimum absolute atomic E-state index is 0.401. The maximum atomic E-state index is 5.21. The zero-order valence-corrected chi connectivity index (χ0v) is 9.03. The van der Waals surface area contributed by atoms with Crippen molar-refractivity contribution in [2.75, 3.05) is 19.7 Å². The molecule has 0 bridgehead atoms. The minimum Gasteiger partial charge on any atom is -0.372 e. The van der Waals surface area contributed by atoms with Crippen LogP contribution in [0, 0.1) is 0 Å². The van der Waals surface area contributed by atoms with Gasteiger partial charge in [-0.25, -0.2) is 0 Å². The molecule has 0 saturated carbocycles. The summed E-state index contributed by atoms with van der Waals surface area (Å²) < 4.78 is 10.3. The molecule has 0 amide bonds. The quantitative estimate of drug-likeness (QED) is 0.807. The molecule has 1 saturated heterocycles. The fraction of sp³-hybridized carbons (Fsp3) is 0.800. The van der Waals surface area contributed by atoms with Gasteiger partial charge in [-0.05, 0) is 26.3 Å². The highest BCUT2D eigenvalue weighted by Gasteiger charge is 2.20. The number of ether oxygens (including phenoxy) is 1. The summed E-state index contributed by atoms with van der Waals surface area (Å²) in [7, 11) is 0. The number of nitrogens with zero attached hydrogens (tertiary/aromatic N) is 2. The minimum atomic E-state index is 0.401. The highest BCUT2D eigenvalue weighted by molar-refractivity contribution is 4.97. The molecule has 1 fully saturated rings. The molecular weight excluding hydrogens is 194 g/mol. The average molecular weight is 211 g/mol. The van der Waals surface area contributed by atoms with Gasteiger partial charge in [-0.2, -0.15) is 4.98 Å². The van der Waals surface area contributed by atoms with Crippen LogP contribution < -0.4 is 5.32 Å². The van der Waals surface area contributed by atoms with Crippen molar-refractivity contribution in [3.8, 4) is 0 Å². The Balaban J connectivity index is 1.93. The first-order valence-electron chi connectivity index (χ1n) is 5.51. The largest absolute Gasteiger partial charge is 0.372 e. The third-order valence-corrected chi connectivity index (χ3v) is 2.58. The molecule has 15 heavy (non-hydrogen) atoms. The van der Waals surface area contributed by atoms with Gasteiger partial charge in [-0.3, -0.25) is 0 Å². The standard InChI is InChI=1S/C10H17N3O2/c1-2-14-7-9-12-10(13-15-9)8-4-3-5-11-6-8/h8,11H,2-7H2,1H3. The topological polar surface area (TPSA) is 60.2 Å². The van der Waals surface area contributed by atoms with Gasteiger partial charge in [0.2, 0.25) is 0 Å². The number of hydrogen-bond acceptors (Lipinski definition) is 5. The highest BCUT2D eigenvalue weighted by atomic mass is 16.5. The van der Waals surface area contributed by atoms with Crippen LogP contribution in [0.1, 0.15) is 37.4 Å². The van der Waals surface area contributed by atoms with Gasteiger partial charge in [0, 0.05) is 19.1 Å². The molecule has 1 unspecified atom stereocenters. The molecule has 0 spiro atoms. The molecule has 0 aromatic carbocycles. The zero-order valence-electron chi connectivity index (χ0n) is 9.03. The van der Waals surface area contributed by atoms with Crippen molar-refractivity contribution in [2.45, 2.75) is 32.3 Å². The Labute approximate surface area is 89.2 Å². The normalized spacial score (nSPS) is 21.8. The van der Waals surface area contributed by atoms with Crippen LogP contribution >= 0.6 is 0 Å². The molecule has 5 heteroatoms. The number of hydrogen-bond donors (Lipinski definition) is 1. The molecule has 0 radical (unpaired) electrons. The molecule has 2 rings (SSSR count). The average Bonchev–Trinajstić information content (AvgIpc) is 2.76. The predicted molar refractivity (Wildman–Crippen MR) is 54.5 cm³/mol. The van der Waals surface area contributed by atoms with Gasteiger partial charge < -0.3 is 14.6 Å². The summed E-state index contributed by atoms with van der Waals surface area (Å²) in [4.78, 5) is 4.33. The van der Waals surface area contributed by atoms with Crippen molar-refractivity contribution in [1.82, 2.24) is 15.5 Å². The van der Waals surface area contributed by atoms with E-state index in [4.69, 9.17) is 9.26 Å². The van der Waals surface area contributed by atoms with Crippen molar-refractivity contribution in [2.24, 2.45) is 0 Å². The summed E-state index contributed by atoms with van der Waals surface area (Å²) in [6.07, 6.45) is 2.32. The maximum absolute atomic E-state index is 5.21. The lowest BCUT2D eigenvalue weighted by atomic mass is 9.99. The fourth-order valence-corrected chi connectivity index (χ4v) is 1.75. The number of rotatable bonds is 4. The maximum Gasteiger partial charge on any atom is 0.252 e. The summed E-state index contributed by atoms with van der Waals surface area (Å²) in [6, 6.07) is 0. The Morgan fingerprint density at radius 1 is 1.60 bits per heavy atom. The van der Waals surface area contributed by atoms with Gasteiger partial charge in [0.1, 0.15) is 6.61 Å².